The first kappa shape index (κ1) is 14.0. The van der Waals surface area contributed by atoms with Crippen molar-refractivity contribution in [3.8, 4) is 0 Å². The molecule has 1 saturated heterocycles. The van der Waals surface area contributed by atoms with Crippen LogP contribution in [0.1, 0.15) is 36.5 Å². The van der Waals surface area contributed by atoms with Crippen molar-refractivity contribution in [1.82, 2.24) is 4.90 Å². The first-order chi connectivity index (χ1) is 8.93. The predicted molar refractivity (Wildman–Crippen MR) is 72.2 cm³/mol. The Morgan fingerprint density at radius 2 is 2.00 bits per heavy atom. The molecule has 0 bridgehead atoms. The molecule has 1 fully saturated rings. The van der Waals surface area contributed by atoms with Crippen molar-refractivity contribution in [2.45, 2.75) is 37.1 Å². The minimum atomic E-state index is -3.70. The van der Waals surface area contributed by atoms with E-state index in [1.807, 2.05) is 4.90 Å². The van der Waals surface area contributed by atoms with Gasteiger partial charge >= 0.3 is 0 Å². The molecule has 1 aliphatic heterocycles. The van der Waals surface area contributed by atoms with Gasteiger partial charge in [-0.3, -0.25) is 4.79 Å². The van der Waals surface area contributed by atoms with Crippen LogP contribution in [-0.2, 0) is 10.0 Å². The van der Waals surface area contributed by atoms with Crippen LogP contribution >= 0.6 is 0 Å². The van der Waals surface area contributed by atoms with Crippen LogP contribution in [0.5, 0.6) is 0 Å². The summed E-state index contributed by atoms with van der Waals surface area (Å²) < 4.78 is 22.3. The van der Waals surface area contributed by atoms with Crippen molar-refractivity contribution in [1.29, 1.82) is 0 Å². The molecule has 1 heterocycles. The monoisotopic (exact) mass is 282 g/mol. The smallest absolute Gasteiger partial charge is 0.254 e. The summed E-state index contributed by atoms with van der Waals surface area (Å²) in [4.78, 5) is 14.2. The van der Waals surface area contributed by atoms with E-state index in [4.69, 9.17) is 5.14 Å². The number of nitrogens with zero attached hydrogens (tertiary/aromatic N) is 1. The largest absolute Gasteiger partial charge is 0.336 e. The van der Waals surface area contributed by atoms with E-state index >= 15 is 0 Å². The molecule has 1 aromatic carbocycles. The van der Waals surface area contributed by atoms with Gasteiger partial charge in [-0.25, -0.2) is 13.6 Å². The normalized spacial score (nSPS) is 19.7. The highest BCUT2D eigenvalue weighted by molar-refractivity contribution is 7.89. The molecule has 6 heteroatoms. The molecule has 2 rings (SSSR count). The molecule has 1 amide bonds. The number of hydrogen-bond donors (Lipinski definition) is 1. The van der Waals surface area contributed by atoms with E-state index in [1.165, 1.54) is 24.3 Å². The highest BCUT2D eigenvalue weighted by Crippen LogP contribution is 2.22. The number of benzene rings is 1. The van der Waals surface area contributed by atoms with Gasteiger partial charge in [-0.2, -0.15) is 0 Å². The van der Waals surface area contributed by atoms with Crippen LogP contribution in [0.25, 0.3) is 0 Å². The van der Waals surface area contributed by atoms with E-state index in [2.05, 4.69) is 6.92 Å². The standard InChI is InChI=1S/C13H18N2O3S/c1-2-11-4-3-9-15(11)13(16)10-5-7-12(8-6-10)19(14,17)18/h5-8,11H,2-4,9H2,1H3,(H2,14,17,18). The van der Waals surface area contributed by atoms with Crippen LogP contribution in [0, 0.1) is 0 Å². The highest BCUT2D eigenvalue weighted by atomic mass is 32.2. The van der Waals surface area contributed by atoms with Crippen LogP contribution in [-0.4, -0.2) is 31.8 Å². The molecule has 0 radical (unpaired) electrons. The number of rotatable bonds is 3. The van der Waals surface area contributed by atoms with Gasteiger partial charge in [-0.05, 0) is 43.5 Å². The number of carbonyl (C=O) groups is 1. The summed E-state index contributed by atoms with van der Waals surface area (Å²) in [6.07, 6.45) is 3.01. The van der Waals surface area contributed by atoms with Crippen molar-refractivity contribution < 1.29 is 13.2 Å². The second kappa shape index (κ2) is 5.30. The lowest BCUT2D eigenvalue weighted by Gasteiger charge is -2.23. The van der Waals surface area contributed by atoms with Crippen LogP contribution < -0.4 is 5.14 Å². The zero-order valence-corrected chi connectivity index (χ0v) is 11.7. The summed E-state index contributed by atoms with van der Waals surface area (Å²) in [6, 6.07) is 6.09. The average molecular weight is 282 g/mol. The third kappa shape index (κ3) is 2.96. The maximum Gasteiger partial charge on any atom is 0.254 e. The van der Waals surface area contributed by atoms with Gasteiger partial charge in [0.05, 0.1) is 4.90 Å². The number of hydrogen-bond acceptors (Lipinski definition) is 3. The quantitative estimate of drug-likeness (QED) is 0.908. The fourth-order valence-corrected chi connectivity index (χ4v) is 3.00. The maximum atomic E-state index is 12.3. The Kier molecular flexibility index (Phi) is 3.91. The van der Waals surface area contributed by atoms with E-state index in [9.17, 15) is 13.2 Å². The molecule has 0 spiro atoms. The molecule has 0 saturated carbocycles. The van der Waals surface area contributed by atoms with E-state index in [0.29, 0.717) is 11.6 Å². The summed E-state index contributed by atoms with van der Waals surface area (Å²) in [5, 5.41) is 5.03. The van der Waals surface area contributed by atoms with E-state index < -0.39 is 10.0 Å². The molecule has 2 N–H and O–H groups in total. The lowest BCUT2D eigenvalue weighted by atomic mass is 10.1. The molecule has 104 valence electrons. The number of amides is 1. The fourth-order valence-electron chi connectivity index (χ4n) is 2.48. The summed E-state index contributed by atoms with van der Waals surface area (Å²) in [6.45, 7) is 2.84. The number of primary sulfonamides is 1. The summed E-state index contributed by atoms with van der Waals surface area (Å²) in [7, 11) is -3.70. The van der Waals surface area contributed by atoms with Crippen LogP contribution in [0.15, 0.2) is 29.2 Å². The van der Waals surface area contributed by atoms with E-state index in [1.54, 1.807) is 0 Å². The third-order valence-electron chi connectivity index (χ3n) is 3.54. The van der Waals surface area contributed by atoms with Gasteiger partial charge in [0, 0.05) is 18.2 Å². The number of nitrogens with two attached hydrogens (primary N) is 1. The minimum absolute atomic E-state index is 0.0255. The van der Waals surface area contributed by atoms with Crippen molar-refractivity contribution in [2.24, 2.45) is 5.14 Å². The van der Waals surface area contributed by atoms with Crippen molar-refractivity contribution >= 4 is 15.9 Å². The first-order valence-electron chi connectivity index (χ1n) is 6.37. The van der Waals surface area contributed by atoms with Gasteiger partial charge in [-0.1, -0.05) is 6.92 Å². The Morgan fingerprint density at radius 1 is 1.37 bits per heavy atom. The van der Waals surface area contributed by atoms with Crippen LogP contribution in [0.3, 0.4) is 0 Å². The molecule has 1 atom stereocenters. The molecular formula is C13H18N2O3S. The van der Waals surface area contributed by atoms with Gasteiger partial charge < -0.3 is 4.90 Å². The molecule has 1 aliphatic rings. The molecule has 5 nitrogen and oxygen atoms in total. The number of sulfonamides is 1. The van der Waals surface area contributed by atoms with Crippen LogP contribution in [0.4, 0.5) is 0 Å². The SMILES string of the molecule is CCC1CCCN1C(=O)c1ccc(S(N)(=O)=O)cc1. The van der Waals surface area contributed by atoms with Gasteiger partial charge in [0.15, 0.2) is 0 Å². The lowest BCUT2D eigenvalue weighted by molar-refractivity contribution is 0.0733. The second-order valence-electron chi connectivity index (χ2n) is 4.77. The second-order valence-corrected chi connectivity index (χ2v) is 6.33. The Morgan fingerprint density at radius 3 is 2.53 bits per heavy atom. The number of carbonyl (C=O) groups excluding carboxylic acids is 1. The molecule has 1 unspecified atom stereocenters. The fraction of sp³-hybridized carbons (Fsp3) is 0.462. The molecule has 19 heavy (non-hydrogen) atoms. The molecule has 1 aromatic rings. The summed E-state index contributed by atoms with van der Waals surface area (Å²) in [5.74, 6) is -0.0367. The predicted octanol–water partition coefficient (Wildman–Crippen LogP) is 1.35. The van der Waals surface area contributed by atoms with E-state index in [-0.39, 0.29) is 10.8 Å². The summed E-state index contributed by atoms with van der Waals surface area (Å²) >= 11 is 0. The highest BCUT2D eigenvalue weighted by Gasteiger charge is 2.27. The zero-order chi connectivity index (χ0) is 14.0. The Hall–Kier alpha value is -1.40. The Bertz CT molecular complexity index is 566. The van der Waals surface area contributed by atoms with Crippen molar-refractivity contribution in [2.75, 3.05) is 6.54 Å². The lowest BCUT2D eigenvalue weighted by Crippen LogP contribution is -2.35. The minimum Gasteiger partial charge on any atom is -0.336 e. The Balaban J connectivity index is 2.21. The van der Waals surface area contributed by atoms with Gasteiger partial charge in [0.2, 0.25) is 10.0 Å². The first-order valence-corrected chi connectivity index (χ1v) is 7.92. The van der Waals surface area contributed by atoms with Gasteiger partial charge in [0.1, 0.15) is 0 Å². The van der Waals surface area contributed by atoms with Gasteiger partial charge in [-0.15, -0.1) is 0 Å². The molecule has 0 aliphatic carbocycles. The van der Waals surface area contributed by atoms with Crippen LogP contribution in [0.2, 0.25) is 0 Å². The molecule has 0 aromatic heterocycles. The third-order valence-corrected chi connectivity index (χ3v) is 4.47. The maximum absolute atomic E-state index is 12.3. The van der Waals surface area contributed by atoms with Gasteiger partial charge in [0.25, 0.3) is 5.91 Å². The average Bonchev–Trinajstić information content (AvgIpc) is 2.85. The zero-order valence-electron chi connectivity index (χ0n) is 10.9. The number of likely N-dealkylation sites (tertiary alicyclic amines) is 1. The topological polar surface area (TPSA) is 80.5 Å². The van der Waals surface area contributed by atoms with Crippen molar-refractivity contribution in [3.63, 3.8) is 0 Å². The van der Waals surface area contributed by atoms with E-state index in [0.717, 1.165) is 25.8 Å². The Labute approximate surface area is 113 Å². The molecular weight excluding hydrogens is 264 g/mol. The summed E-state index contributed by atoms with van der Waals surface area (Å²) in [5.41, 5.74) is 0.507. The van der Waals surface area contributed by atoms with Crippen molar-refractivity contribution in [3.05, 3.63) is 29.8 Å².